The van der Waals surface area contributed by atoms with Gasteiger partial charge in [-0.15, -0.1) is 0 Å². The van der Waals surface area contributed by atoms with Crippen LogP contribution in [0.2, 0.25) is 0 Å². The zero-order valence-electron chi connectivity index (χ0n) is 11.1. The summed E-state index contributed by atoms with van der Waals surface area (Å²) in [6, 6.07) is 5.11. The van der Waals surface area contributed by atoms with E-state index in [9.17, 15) is 0 Å². The number of hydrogen-bond acceptors (Lipinski definition) is 2. The van der Waals surface area contributed by atoms with E-state index in [-0.39, 0.29) is 0 Å². The monoisotopic (exact) mass is 235 g/mol. The van der Waals surface area contributed by atoms with Crippen LogP contribution in [0.5, 0.6) is 0 Å². The van der Waals surface area contributed by atoms with E-state index in [1.165, 1.54) is 32.1 Å². The van der Waals surface area contributed by atoms with Crippen molar-refractivity contribution in [3.05, 3.63) is 24.2 Å². The van der Waals surface area contributed by atoms with Crippen molar-refractivity contribution < 1.29 is 4.42 Å². The van der Waals surface area contributed by atoms with Crippen LogP contribution < -0.4 is 5.32 Å². The summed E-state index contributed by atoms with van der Waals surface area (Å²) in [4.78, 5) is 0. The van der Waals surface area contributed by atoms with E-state index >= 15 is 0 Å². The van der Waals surface area contributed by atoms with Gasteiger partial charge >= 0.3 is 0 Å². The molecule has 1 heterocycles. The first-order valence-electron chi connectivity index (χ1n) is 7.10. The topological polar surface area (TPSA) is 25.2 Å². The van der Waals surface area contributed by atoms with Crippen molar-refractivity contribution >= 4 is 0 Å². The Morgan fingerprint density at radius 2 is 2.18 bits per heavy atom. The molecular weight excluding hydrogens is 210 g/mol. The lowest BCUT2D eigenvalue weighted by Gasteiger charge is -2.27. The standard InChI is InChI=1S/C15H25NO/c1-3-13(15-10-7-11-17-15)16-14-9-6-4-5-8-12(14)2/h7,10-14,16H,3-6,8-9H2,1-2H3. The van der Waals surface area contributed by atoms with Crippen LogP contribution in [0.15, 0.2) is 22.8 Å². The van der Waals surface area contributed by atoms with E-state index in [4.69, 9.17) is 4.42 Å². The van der Waals surface area contributed by atoms with Crippen LogP contribution in [0.1, 0.15) is 64.2 Å². The van der Waals surface area contributed by atoms with Crippen molar-refractivity contribution in [2.75, 3.05) is 0 Å². The predicted molar refractivity (Wildman–Crippen MR) is 70.9 cm³/mol. The van der Waals surface area contributed by atoms with Crippen molar-refractivity contribution in [3.8, 4) is 0 Å². The lowest BCUT2D eigenvalue weighted by atomic mass is 9.95. The molecule has 0 amide bonds. The van der Waals surface area contributed by atoms with Crippen molar-refractivity contribution in [2.24, 2.45) is 5.92 Å². The molecule has 0 saturated heterocycles. The van der Waals surface area contributed by atoms with Gasteiger partial charge in [0.25, 0.3) is 0 Å². The quantitative estimate of drug-likeness (QED) is 0.788. The smallest absolute Gasteiger partial charge is 0.120 e. The largest absolute Gasteiger partial charge is 0.468 e. The summed E-state index contributed by atoms with van der Waals surface area (Å²) in [5.41, 5.74) is 0. The molecule has 1 aliphatic carbocycles. The first-order chi connectivity index (χ1) is 8.31. The summed E-state index contributed by atoms with van der Waals surface area (Å²) in [6.07, 6.45) is 9.73. The number of rotatable bonds is 4. The molecule has 0 spiro atoms. The van der Waals surface area contributed by atoms with Crippen LogP contribution in [0.3, 0.4) is 0 Å². The fourth-order valence-electron chi connectivity index (χ4n) is 2.89. The molecule has 0 aromatic carbocycles. The molecule has 1 N–H and O–H groups in total. The average Bonchev–Trinajstić information content (AvgIpc) is 2.79. The molecule has 0 aliphatic heterocycles. The van der Waals surface area contributed by atoms with E-state index in [0.717, 1.165) is 18.1 Å². The Morgan fingerprint density at radius 3 is 2.88 bits per heavy atom. The number of nitrogens with one attached hydrogen (secondary N) is 1. The average molecular weight is 235 g/mol. The second kappa shape index (κ2) is 6.25. The molecular formula is C15H25NO. The molecule has 2 nitrogen and oxygen atoms in total. The highest BCUT2D eigenvalue weighted by Crippen LogP contribution is 2.26. The Labute approximate surface area is 105 Å². The van der Waals surface area contributed by atoms with Gasteiger partial charge in [0.2, 0.25) is 0 Å². The summed E-state index contributed by atoms with van der Waals surface area (Å²) in [6.45, 7) is 4.61. The van der Waals surface area contributed by atoms with E-state index in [1.54, 1.807) is 6.26 Å². The Morgan fingerprint density at radius 1 is 1.35 bits per heavy atom. The predicted octanol–water partition coefficient (Wildman–Crippen LogP) is 4.29. The zero-order chi connectivity index (χ0) is 12.1. The van der Waals surface area contributed by atoms with Gasteiger partial charge in [-0.05, 0) is 37.3 Å². The first kappa shape index (κ1) is 12.7. The van der Waals surface area contributed by atoms with Crippen molar-refractivity contribution in [1.82, 2.24) is 5.32 Å². The molecule has 0 radical (unpaired) electrons. The molecule has 1 aromatic heterocycles. The summed E-state index contributed by atoms with van der Waals surface area (Å²) >= 11 is 0. The molecule has 1 fully saturated rings. The molecule has 1 aromatic rings. The maximum atomic E-state index is 5.53. The maximum Gasteiger partial charge on any atom is 0.120 e. The molecule has 1 saturated carbocycles. The molecule has 3 unspecified atom stereocenters. The summed E-state index contributed by atoms with van der Waals surface area (Å²) in [5, 5.41) is 3.80. The van der Waals surface area contributed by atoms with Crippen molar-refractivity contribution in [1.29, 1.82) is 0 Å². The summed E-state index contributed by atoms with van der Waals surface area (Å²) in [5.74, 6) is 1.88. The summed E-state index contributed by atoms with van der Waals surface area (Å²) < 4.78 is 5.53. The van der Waals surface area contributed by atoms with Crippen molar-refractivity contribution in [2.45, 2.75) is 64.5 Å². The molecule has 17 heavy (non-hydrogen) atoms. The molecule has 2 rings (SSSR count). The first-order valence-corrected chi connectivity index (χ1v) is 7.10. The van der Waals surface area contributed by atoms with E-state index < -0.39 is 0 Å². The van der Waals surface area contributed by atoms with Crippen LogP contribution in [-0.2, 0) is 0 Å². The number of furan rings is 1. The minimum atomic E-state index is 0.385. The van der Waals surface area contributed by atoms with Gasteiger partial charge in [-0.3, -0.25) is 0 Å². The summed E-state index contributed by atoms with van der Waals surface area (Å²) in [7, 11) is 0. The minimum absolute atomic E-state index is 0.385. The Hall–Kier alpha value is -0.760. The third-order valence-electron chi connectivity index (χ3n) is 4.07. The highest BCUT2D eigenvalue weighted by Gasteiger charge is 2.23. The van der Waals surface area contributed by atoms with Gasteiger partial charge in [0.1, 0.15) is 5.76 Å². The second-order valence-corrected chi connectivity index (χ2v) is 5.36. The molecule has 0 bridgehead atoms. The normalized spacial score (nSPS) is 27.6. The zero-order valence-corrected chi connectivity index (χ0v) is 11.1. The minimum Gasteiger partial charge on any atom is -0.468 e. The lowest BCUT2D eigenvalue weighted by molar-refractivity contribution is 0.294. The highest BCUT2D eigenvalue weighted by atomic mass is 16.3. The molecule has 96 valence electrons. The van der Waals surface area contributed by atoms with Gasteiger partial charge < -0.3 is 9.73 Å². The van der Waals surface area contributed by atoms with Gasteiger partial charge in [0.05, 0.1) is 12.3 Å². The van der Waals surface area contributed by atoms with Crippen LogP contribution in [0, 0.1) is 5.92 Å². The van der Waals surface area contributed by atoms with Crippen LogP contribution in [-0.4, -0.2) is 6.04 Å². The fourth-order valence-corrected chi connectivity index (χ4v) is 2.89. The van der Waals surface area contributed by atoms with Gasteiger partial charge in [-0.2, -0.15) is 0 Å². The Balaban J connectivity index is 1.97. The maximum absolute atomic E-state index is 5.53. The van der Waals surface area contributed by atoms with Crippen molar-refractivity contribution in [3.63, 3.8) is 0 Å². The van der Waals surface area contributed by atoms with E-state index in [0.29, 0.717) is 12.1 Å². The third kappa shape index (κ3) is 3.35. The Kier molecular flexibility index (Phi) is 4.66. The van der Waals surface area contributed by atoms with Gasteiger partial charge in [-0.1, -0.05) is 33.1 Å². The SMILES string of the molecule is CCC(NC1CCCCCC1C)c1ccco1. The highest BCUT2D eigenvalue weighted by molar-refractivity contribution is 5.04. The van der Waals surface area contributed by atoms with Gasteiger partial charge in [0, 0.05) is 6.04 Å². The van der Waals surface area contributed by atoms with E-state index in [2.05, 4.69) is 25.2 Å². The molecule has 3 atom stereocenters. The molecule has 2 heteroatoms. The van der Waals surface area contributed by atoms with Gasteiger partial charge in [0.15, 0.2) is 0 Å². The molecule has 1 aliphatic rings. The number of hydrogen-bond donors (Lipinski definition) is 1. The second-order valence-electron chi connectivity index (χ2n) is 5.36. The van der Waals surface area contributed by atoms with Gasteiger partial charge in [-0.25, -0.2) is 0 Å². The third-order valence-corrected chi connectivity index (χ3v) is 4.07. The van der Waals surface area contributed by atoms with E-state index in [1.807, 2.05) is 6.07 Å². The Bertz CT molecular complexity index is 307. The fraction of sp³-hybridized carbons (Fsp3) is 0.733. The van der Waals surface area contributed by atoms with Crippen LogP contribution >= 0.6 is 0 Å². The van der Waals surface area contributed by atoms with Crippen LogP contribution in [0.25, 0.3) is 0 Å². The van der Waals surface area contributed by atoms with Crippen LogP contribution in [0.4, 0.5) is 0 Å². The lowest BCUT2D eigenvalue weighted by Crippen LogP contribution is -2.36.